The van der Waals surface area contributed by atoms with Gasteiger partial charge >= 0.3 is 0 Å². The van der Waals surface area contributed by atoms with Gasteiger partial charge in [-0.3, -0.25) is 4.79 Å². The molecule has 4 heteroatoms. The zero-order chi connectivity index (χ0) is 18.1. The third kappa shape index (κ3) is 3.16. The van der Waals surface area contributed by atoms with Crippen molar-refractivity contribution in [3.63, 3.8) is 0 Å². The Morgan fingerprint density at radius 2 is 1.73 bits per heavy atom. The molecule has 1 fully saturated rings. The van der Waals surface area contributed by atoms with E-state index in [0.717, 1.165) is 43.4 Å². The molecule has 1 heterocycles. The Kier molecular flexibility index (Phi) is 4.58. The predicted molar refractivity (Wildman–Crippen MR) is 97.2 cm³/mol. The second-order valence-electron chi connectivity index (χ2n) is 7.12. The summed E-state index contributed by atoms with van der Waals surface area (Å²) in [5.74, 6) is -0.760. The highest BCUT2D eigenvalue weighted by Crippen LogP contribution is 2.38. The van der Waals surface area contributed by atoms with Crippen LogP contribution in [0.1, 0.15) is 42.9 Å². The van der Waals surface area contributed by atoms with Crippen LogP contribution in [0.4, 0.5) is 8.78 Å². The number of halogens is 2. The van der Waals surface area contributed by atoms with Gasteiger partial charge in [0.25, 0.3) is 0 Å². The third-order valence-corrected chi connectivity index (χ3v) is 5.44. The summed E-state index contributed by atoms with van der Waals surface area (Å²) < 4.78 is 27.9. The van der Waals surface area contributed by atoms with Crippen molar-refractivity contribution in [1.29, 1.82) is 0 Å². The minimum Gasteiger partial charge on any atom is -0.328 e. The van der Waals surface area contributed by atoms with E-state index in [1.807, 2.05) is 41.3 Å². The van der Waals surface area contributed by atoms with E-state index in [2.05, 4.69) is 0 Å². The smallest absolute Gasteiger partial charge is 0.226 e. The summed E-state index contributed by atoms with van der Waals surface area (Å²) in [6.07, 6.45) is 5.90. The van der Waals surface area contributed by atoms with Crippen molar-refractivity contribution in [2.24, 2.45) is 5.92 Å². The van der Waals surface area contributed by atoms with Crippen LogP contribution in [0, 0.1) is 17.6 Å². The van der Waals surface area contributed by atoms with Gasteiger partial charge in [0.1, 0.15) is 11.6 Å². The van der Waals surface area contributed by atoms with Crippen LogP contribution in [0.2, 0.25) is 0 Å². The van der Waals surface area contributed by atoms with Crippen LogP contribution in [-0.4, -0.2) is 17.4 Å². The second-order valence-corrected chi connectivity index (χ2v) is 7.12. The van der Waals surface area contributed by atoms with E-state index in [-0.39, 0.29) is 23.4 Å². The summed E-state index contributed by atoms with van der Waals surface area (Å²) in [4.78, 5) is 14.9. The molecule has 1 aliphatic heterocycles. The number of rotatable bonds is 3. The maximum Gasteiger partial charge on any atom is 0.226 e. The molecule has 1 atom stereocenters. The summed E-state index contributed by atoms with van der Waals surface area (Å²) in [5, 5.41) is 0. The number of nitrogens with zero attached hydrogens (tertiary/aromatic N) is 1. The number of carbonyl (C=O) groups is 1. The van der Waals surface area contributed by atoms with Gasteiger partial charge in [-0.05, 0) is 42.2 Å². The van der Waals surface area contributed by atoms with Crippen LogP contribution < -0.4 is 0 Å². The molecule has 0 aromatic heterocycles. The monoisotopic (exact) mass is 353 g/mol. The highest BCUT2D eigenvalue weighted by Gasteiger charge is 2.35. The fourth-order valence-electron chi connectivity index (χ4n) is 4.08. The normalized spacial score (nSPS) is 20.5. The van der Waals surface area contributed by atoms with E-state index < -0.39 is 11.6 Å². The standard InChI is InChI=1S/C22H21F2NO/c23-18-10-11-20(24)19(13-18)17-12-21(15-6-2-1-3-7-15)25(14-17)22(26)16-8-4-5-9-16/h1-3,6-7,10-13,16,21H,4-5,8-9,14H2. The van der Waals surface area contributed by atoms with Crippen molar-refractivity contribution in [1.82, 2.24) is 4.90 Å². The molecule has 0 N–H and O–H groups in total. The van der Waals surface area contributed by atoms with E-state index in [4.69, 9.17) is 0 Å². The van der Waals surface area contributed by atoms with Gasteiger partial charge < -0.3 is 4.90 Å². The molecule has 0 bridgehead atoms. The van der Waals surface area contributed by atoms with Crippen LogP contribution in [0.25, 0.3) is 5.57 Å². The van der Waals surface area contributed by atoms with Gasteiger partial charge in [0.05, 0.1) is 6.04 Å². The third-order valence-electron chi connectivity index (χ3n) is 5.44. The summed E-state index contributed by atoms with van der Waals surface area (Å²) >= 11 is 0. The quantitative estimate of drug-likeness (QED) is 0.750. The van der Waals surface area contributed by atoms with Crippen molar-refractivity contribution in [2.75, 3.05) is 6.54 Å². The fraction of sp³-hybridized carbons (Fsp3) is 0.318. The zero-order valence-electron chi connectivity index (χ0n) is 14.5. The molecule has 26 heavy (non-hydrogen) atoms. The minimum absolute atomic E-state index is 0.0475. The first-order chi connectivity index (χ1) is 12.6. The molecular weight excluding hydrogens is 332 g/mol. The molecule has 2 aromatic carbocycles. The highest BCUT2D eigenvalue weighted by atomic mass is 19.1. The molecule has 1 aliphatic carbocycles. The Morgan fingerprint density at radius 1 is 1.00 bits per heavy atom. The average molecular weight is 353 g/mol. The molecule has 134 valence electrons. The van der Waals surface area contributed by atoms with E-state index >= 15 is 0 Å². The first-order valence-electron chi connectivity index (χ1n) is 9.15. The molecule has 2 aliphatic rings. The van der Waals surface area contributed by atoms with Crippen LogP contribution in [0.15, 0.2) is 54.6 Å². The van der Waals surface area contributed by atoms with E-state index in [9.17, 15) is 13.6 Å². The maximum absolute atomic E-state index is 14.3. The largest absolute Gasteiger partial charge is 0.328 e. The fourth-order valence-corrected chi connectivity index (χ4v) is 4.08. The van der Waals surface area contributed by atoms with Gasteiger partial charge in [-0.25, -0.2) is 8.78 Å². The molecule has 0 saturated heterocycles. The van der Waals surface area contributed by atoms with Gasteiger partial charge in [0.15, 0.2) is 0 Å². The maximum atomic E-state index is 14.3. The van der Waals surface area contributed by atoms with Crippen molar-refractivity contribution >= 4 is 11.5 Å². The summed E-state index contributed by atoms with van der Waals surface area (Å²) in [7, 11) is 0. The highest BCUT2D eigenvalue weighted by molar-refractivity contribution is 5.85. The topological polar surface area (TPSA) is 20.3 Å². The van der Waals surface area contributed by atoms with Gasteiger partial charge in [-0.2, -0.15) is 0 Å². The van der Waals surface area contributed by atoms with Crippen molar-refractivity contribution in [2.45, 2.75) is 31.7 Å². The zero-order valence-corrected chi connectivity index (χ0v) is 14.5. The van der Waals surface area contributed by atoms with Crippen molar-refractivity contribution in [3.8, 4) is 0 Å². The summed E-state index contributed by atoms with van der Waals surface area (Å²) in [6, 6.07) is 13.0. The van der Waals surface area contributed by atoms with Crippen molar-refractivity contribution < 1.29 is 13.6 Å². The lowest BCUT2D eigenvalue weighted by Crippen LogP contribution is -2.35. The van der Waals surface area contributed by atoms with Gasteiger partial charge in [0, 0.05) is 18.0 Å². The lowest BCUT2D eigenvalue weighted by molar-refractivity contribution is -0.135. The molecule has 2 nitrogen and oxygen atoms in total. The number of benzene rings is 2. The van der Waals surface area contributed by atoms with Crippen LogP contribution in [-0.2, 0) is 4.79 Å². The van der Waals surface area contributed by atoms with Gasteiger partial charge in [-0.15, -0.1) is 0 Å². The first-order valence-corrected chi connectivity index (χ1v) is 9.15. The average Bonchev–Trinajstić information content (AvgIpc) is 3.34. The SMILES string of the molecule is O=C(C1CCCC1)N1CC(c2cc(F)ccc2F)=CC1c1ccccc1. The lowest BCUT2D eigenvalue weighted by atomic mass is 10.0. The molecular formula is C22H21F2NO. The Balaban J connectivity index is 1.71. The molecule has 1 unspecified atom stereocenters. The second kappa shape index (κ2) is 7.02. The predicted octanol–water partition coefficient (Wildman–Crippen LogP) is 5.12. The lowest BCUT2D eigenvalue weighted by Gasteiger charge is -2.28. The molecule has 4 rings (SSSR count). The number of hydrogen-bond acceptors (Lipinski definition) is 1. The van der Waals surface area contributed by atoms with Gasteiger partial charge in [0.2, 0.25) is 5.91 Å². The van der Waals surface area contributed by atoms with Crippen LogP contribution >= 0.6 is 0 Å². The van der Waals surface area contributed by atoms with Crippen LogP contribution in [0.3, 0.4) is 0 Å². The minimum atomic E-state index is -0.473. The Morgan fingerprint density at radius 3 is 2.46 bits per heavy atom. The number of carbonyl (C=O) groups excluding carboxylic acids is 1. The van der Waals surface area contributed by atoms with Crippen molar-refractivity contribution in [3.05, 3.63) is 77.4 Å². The van der Waals surface area contributed by atoms with E-state index in [1.165, 1.54) is 6.07 Å². The number of amides is 1. The number of hydrogen-bond donors (Lipinski definition) is 0. The molecule has 1 amide bonds. The van der Waals surface area contributed by atoms with Gasteiger partial charge in [-0.1, -0.05) is 49.2 Å². The Hall–Kier alpha value is -2.49. The van der Waals surface area contributed by atoms with E-state index in [1.54, 1.807) is 0 Å². The Bertz CT molecular complexity index is 840. The molecule has 2 aromatic rings. The molecule has 0 radical (unpaired) electrons. The first kappa shape index (κ1) is 17.0. The summed E-state index contributed by atoms with van der Waals surface area (Å²) in [5.41, 5.74) is 1.90. The Labute approximate surface area is 152 Å². The molecule has 0 spiro atoms. The van der Waals surface area contributed by atoms with Crippen LogP contribution in [0.5, 0.6) is 0 Å². The van der Waals surface area contributed by atoms with E-state index in [0.29, 0.717) is 12.1 Å². The molecule has 1 saturated carbocycles. The summed E-state index contributed by atoms with van der Waals surface area (Å²) in [6.45, 7) is 0.315.